The predicted molar refractivity (Wildman–Crippen MR) is 94.8 cm³/mol. The number of thiazole rings is 1. The second kappa shape index (κ2) is 6.71. The normalized spacial score (nSPS) is 11.9. The number of hydrogen-bond acceptors (Lipinski definition) is 5. The molecule has 1 aromatic heterocycles. The van der Waals surface area contributed by atoms with E-state index in [1.165, 1.54) is 38.4 Å². The molecular formula is C16H13F2N3O3S2. The topological polar surface area (TPSA) is 79.4 Å². The van der Waals surface area contributed by atoms with Crippen LogP contribution < -0.4 is 5.32 Å². The maximum absolute atomic E-state index is 13.7. The van der Waals surface area contributed by atoms with Gasteiger partial charge in [0.2, 0.25) is 10.0 Å². The summed E-state index contributed by atoms with van der Waals surface area (Å²) in [5, 5.41) is 2.61. The van der Waals surface area contributed by atoms with Crippen molar-refractivity contribution in [2.75, 3.05) is 19.4 Å². The number of carbonyl (C=O) groups is 1. The molecule has 3 aromatic rings. The van der Waals surface area contributed by atoms with Gasteiger partial charge in [-0.2, -0.15) is 0 Å². The van der Waals surface area contributed by atoms with Crippen LogP contribution in [-0.2, 0) is 10.0 Å². The zero-order valence-corrected chi connectivity index (χ0v) is 15.3. The molecule has 1 amide bonds. The standard InChI is InChI=1S/C16H13F2N3O3S2/c1-21(2)26(23,24)11-5-3-9(4-6-11)15(22)20-16-19-14-12(18)7-10(17)8-13(14)25-16/h3-8H,1-2H3,(H,19,20,22). The van der Waals surface area contributed by atoms with E-state index in [9.17, 15) is 22.0 Å². The van der Waals surface area contributed by atoms with Gasteiger partial charge in [0, 0.05) is 25.7 Å². The van der Waals surface area contributed by atoms with Gasteiger partial charge in [0.15, 0.2) is 10.9 Å². The highest BCUT2D eigenvalue weighted by molar-refractivity contribution is 7.89. The van der Waals surface area contributed by atoms with Crippen molar-refractivity contribution in [1.82, 2.24) is 9.29 Å². The number of aromatic nitrogens is 1. The van der Waals surface area contributed by atoms with E-state index in [0.717, 1.165) is 27.8 Å². The molecule has 26 heavy (non-hydrogen) atoms. The van der Waals surface area contributed by atoms with Crippen molar-refractivity contribution in [1.29, 1.82) is 0 Å². The molecule has 0 atom stereocenters. The minimum absolute atomic E-state index is 0.0286. The number of rotatable bonds is 4. The molecule has 0 spiro atoms. The van der Waals surface area contributed by atoms with Crippen molar-refractivity contribution in [2.24, 2.45) is 0 Å². The minimum atomic E-state index is -3.59. The lowest BCUT2D eigenvalue weighted by atomic mass is 10.2. The van der Waals surface area contributed by atoms with Crippen molar-refractivity contribution in [3.8, 4) is 0 Å². The average Bonchev–Trinajstić information content (AvgIpc) is 2.97. The molecule has 0 bridgehead atoms. The summed E-state index contributed by atoms with van der Waals surface area (Å²) in [4.78, 5) is 16.3. The Labute approximate surface area is 152 Å². The molecule has 0 radical (unpaired) electrons. The van der Waals surface area contributed by atoms with Gasteiger partial charge in [-0.25, -0.2) is 26.5 Å². The van der Waals surface area contributed by atoms with Crippen LogP contribution in [0.1, 0.15) is 10.4 Å². The lowest BCUT2D eigenvalue weighted by Gasteiger charge is -2.11. The lowest BCUT2D eigenvalue weighted by molar-refractivity contribution is 0.102. The SMILES string of the molecule is CN(C)S(=O)(=O)c1ccc(C(=O)Nc2nc3c(F)cc(F)cc3s2)cc1. The molecule has 0 saturated carbocycles. The highest BCUT2D eigenvalue weighted by Crippen LogP contribution is 2.29. The summed E-state index contributed by atoms with van der Waals surface area (Å²) in [7, 11) is -0.775. The number of hydrogen-bond donors (Lipinski definition) is 1. The molecule has 0 saturated heterocycles. The number of fused-ring (bicyclic) bond motifs is 1. The van der Waals surface area contributed by atoms with Crippen LogP contribution in [0.15, 0.2) is 41.3 Å². The number of nitrogens with zero attached hydrogens (tertiary/aromatic N) is 2. The Morgan fingerprint density at radius 1 is 1.15 bits per heavy atom. The van der Waals surface area contributed by atoms with E-state index in [1.54, 1.807) is 0 Å². The van der Waals surface area contributed by atoms with Gasteiger partial charge in [-0.15, -0.1) is 0 Å². The van der Waals surface area contributed by atoms with Crippen molar-refractivity contribution >= 4 is 42.6 Å². The lowest BCUT2D eigenvalue weighted by Crippen LogP contribution is -2.22. The Morgan fingerprint density at radius 3 is 2.42 bits per heavy atom. The molecule has 1 N–H and O–H groups in total. The molecule has 0 aliphatic heterocycles. The van der Waals surface area contributed by atoms with E-state index in [1.807, 2.05) is 0 Å². The number of sulfonamides is 1. The molecule has 10 heteroatoms. The Balaban J connectivity index is 1.83. The van der Waals surface area contributed by atoms with Gasteiger partial charge < -0.3 is 0 Å². The first-order valence-corrected chi connectivity index (χ1v) is 9.53. The summed E-state index contributed by atoms with van der Waals surface area (Å²) in [6, 6.07) is 7.21. The van der Waals surface area contributed by atoms with Gasteiger partial charge in [0.1, 0.15) is 11.3 Å². The zero-order chi connectivity index (χ0) is 19.1. The second-order valence-electron chi connectivity index (χ2n) is 5.52. The van der Waals surface area contributed by atoms with Crippen molar-refractivity contribution < 1.29 is 22.0 Å². The highest BCUT2D eigenvalue weighted by Gasteiger charge is 2.18. The first kappa shape index (κ1) is 18.4. The predicted octanol–water partition coefficient (Wildman–Crippen LogP) is 3.08. The summed E-state index contributed by atoms with van der Waals surface area (Å²) in [6.45, 7) is 0. The van der Waals surface area contributed by atoms with Crippen LogP contribution >= 0.6 is 11.3 Å². The van der Waals surface area contributed by atoms with Gasteiger partial charge in [0.05, 0.1) is 9.60 Å². The molecule has 0 fully saturated rings. The fraction of sp³-hybridized carbons (Fsp3) is 0.125. The highest BCUT2D eigenvalue weighted by atomic mass is 32.2. The number of halogens is 2. The fourth-order valence-electron chi connectivity index (χ4n) is 2.17. The Bertz CT molecular complexity index is 1090. The van der Waals surface area contributed by atoms with Gasteiger partial charge in [-0.3, -0.25) is 10.1 Å². The van der Waals surface area contributed by atoms with Crippen LogP contribution in [0.3, 0.4) is 0 Å². The van der Waals surface area contributed by atoms with Crippen LogP contribution in [-0.4, -0.2) is 37.7 Å². The van der Waals surface area contributed by atoms with Gasteiger partial charge in [0.25, 0.3) is 5.91 Å². The minimum Gasteiger partial charge on any atom is -0.298 e. The molecule has 2 aromatic carbocycles. The smallest absolute Gasteiger partial charge is 0.257 e. The summed E-state index contributed by atoms with van der Waals surface area (Å²) in [5.41, 5.74) is 0.174. The van der Waals surface area contributed by atoms with E-state index in [-0.39, 0.29) is 25.8 Å². The third-order valence-corrected chi connectivity index (χ3v) is 6.28. The number of carbonyl (C=O) groups excluding carboxylic acids is 1. The molecule has 0 aliphatic carbocycles. The zero-order valence-electron chi connectivity index (χ0n) is 13.7. The van der Waals surface area contributed by atoms with Crippen LogP contribution in [0, 0.1) is 11.6 Å². The summed E-state index contributed by atoms with van der Waals surface area (Å²) < 4.78 is 52.3. The third kappa shape index (κ3) is 3.43. The Morgan fingerprint density at radius 2 is 1.81 bits per heavy atom. The van der Waals surface area contributed by atoms with Gasteiger partial charge >= 0.3 is 0 Å². The van der Waals surface area contributed by atoms with Gasteiger partial charge in [-0.1, -0.05) is 11.3 Å². The summed E-state index contributed by atoms with van der Waals surface area (Å²) >= 11 is 0.934. The van der Waals surface area contributed by atoms with Crippen molar-refractivity contribution in [2.45, 2.75) is 4.90 Å². The Hall–Kier alpha value is -2.43. The number of nitrogens with one attached hydrogen (secondary N) is 1. The van der Waals surface area contributed by atoms with Gasteiger partial charge in [-0.05, 0) is 30.3 Å². The van der Waals surface area contributed by atoms with Crippen LogP contribution in [0.5, 0.6) is 0 Å². The summed E-state index contributed by atoms with van der Waals surface area (Å²) in [6.07, 6.45) is 0. The number of anilines is 1. The van der Waals surface area contributed by atoms with Crippen molar-refractivity contribution in [3.05, 3.63) is 53.6 Å². The first-order valence-electron chi connectivity index (χ1n) is 7.28. The molecular weight excluding hydrogens is 384 g/mol. The monoisotopic (exact) mass is 397 g/mol. The Kier molecular flexibility index (Phi) is 4.74. The maximum Gasteiger partial charge on any atom is 0.257 e. The summed E-state index contributed by atoms with van der Waals surface area (Å²) in [5.74, 6) is -2.08. The van der Waals surface area contributed by atoms with Crippen LogP contribution in [0.2, 0.25) is 0 Å². The molecule has 136 valence electrons. The first-order chi connectivity index (χ1) is 12.2. The van der Waals surface area contributed by atoms with E-state index >= 15 is 0 Å². The van der Waals surface area contributed by atoms with E-state index in [4.69, 9.17) is 0 Å². The molecule has 1 heterocycles. The largest absolute Gasteiger partial charge is 0.298 e. The fourth-order valence-corrected chi connectivity index (χ4v) is 3.97. The maximum atomic E-state index is 13.7. The molecule has 0 aliphatic rings. The van der Waals surface area contributed by atoms with E-state index < -0.39 is 27.6 Å². The molecule has 6 nitrogen and oxygen atoms in total. The van der Waals surface area contributed by atoms with Crippen molar-refractivity contribution in [3.63, 3.8) is 0 Å². The van der Waals surface area contributed by atoms with Crippen LogP contribution in [0.4, 0.5) is 13.9 Å². The van der Waals surface area contributed by atoms with E-state index in [0.29, 0.717) is 0 Å². The number of amides is 1. The molecule has 3 rings (SSSR count). The van der Waals surface area contributed by atoms with Crippen LogP contribution in [0.25, 0.3) is 10.2 Å². The number of benzene rings is 2. The van der Waals surface area contributed by atoms with E-state index in [2.05, 4.69) is 10.3 Å². The third-order valence-electron chi connectivity index (χ3n) is 3.53. The average molecular weight is 397 g/mol. The molecule has 0 unspecified atom stereocenters. The quantitative estimate of drug-likeness (QED) is 0.734. The second-order valence-corrected chi connectivity index (χ2v) is 8.70.